The summed E-state index contributed by atoms with van der Waals surface area (Å²) in [6.07, 6.45) is 2.28. The van der Waals surface area contributed by atoms with Crippen LogP contribution in [0.4, 0.5) is 5.69 Å². The van der Waals surface area contributed by atoms with Gasteiger partial charge in [0.05, 0.1) is 17.6 Å². The van der Waals surface area contributed by atoms with Gasteiger partial charge >= 0.3 is 0 Å². The number of benzene rings is 1. The van der Waals surface area contributed by atoms with E-state index in [0.29, 0.717) is 35.8 Å². The van der Waals surface area contributed by atoms with Crippen molar-refractivity contribution >= 4 is 33.0 Å². The second-order valence-electron chi connectivity index (χ2n) is 7.96. The summed E-state index contributed by atoms with van der Waals surface area (Å²) >= 11 is 1.22. The predicted molar refractivity (Wildman–Crippen MR) is 120 cm³/mol. The molecule has 1 unspecified atom stereocenters. The second kappa shape index (κ2) is 9.39. The average Bonchev–Trinajstić information content (AvgIpc) is 3.25. The molecule has 1 aromatic carbocycles. The fourth-order valence-corrected chi connectivity index (χ4v) is 6.97. The van der Waals surface area contributed by atoms with Crippen molar-refractivity contribution in [2.45, 2.75) is 23.5 Å². The molecule has 2 fully saturated rings. The zero-order chi connectivity index (χ0) is 21.8. The Morgan fingerprint density at radius 2 is 1.84 bits per heavy atom. The summed E-state index contributed by atoms with van der Waals surface area (Å²) in [4.78, 5) is 17.4. The Morgan fingerprint density at radius 3 is 2.55 bits per heavy atom. The number of nitriles is 1. The highest BCUT2D eigenvalue weighted by molar-refractivity contribution is 7.91. The maximum absolute atomic E-state index is 13.2. The SMILES string of the molecule is N#Cc1ccc(N2CCCN(C(=O)C3CCCN(S(=O)(=O)c4cccs4)C3)CC2)cc1. The first kappa shape index (κ1) is 21.8. The van der Waals surface area contributed by atoms with Crippen molar-refractivity contribution in [3.8, 4) is 6.07 Å². The summed E-state index contributed by atoms with van der Waals surface area (Å²) in [6, 6.07) is 13.0. The third-order valence-electron chi connectivity index (χ3n) is 5.99. The summed E-state index contributed by atoms with van der Waals surface area (Å²) in [5, 5.41) is 10.7. The quantitative estimate of drug-likeness (QED) is 0.703. The highest BCUT2D eigenvalue weighted by atomic mass is 32.2. The van der Waals surface area contributed by atoms with Gasteiger partial charge in [0.1, 0.15) is 4.21 Å². The van der Waals surface area contributed by atoms with Gasteiger partial charge in [0, 0.05) is 45.0 Å². The van der Waals surface area contributed by atoms with Gasteiger partial charge in [0.15, 0.2) is 0 Å². The van der Waals surface area contributed by atoms with Crippen LogP contribution in [0, 0.1) is 17.2 Å². The number of nitrogens with zero attached hydrogens (tertiary/aromatic N) is 4. The first-order valence-electron chi connectivity index (χ1n) is 10.6. The van der Waals surface area contributed by atoms with E-state index in [-0.39, 0.29) is 18.4 Å². The van der Waals surface area contributed by atoms with Gasteiger partial charge in [-0.25, -0.2) is 8.42 Å². The van der Waals surface area contributed by atoms with Crippen LogP contribution in [0.3, 0.4) is 0 Å². The van der Waals surface area contributed by atoms with Crippen molar-refractivity contribution in [3.63, 3.8) is 0 Å². The first-order valence-corrected chi connectivity index (χ1v) is 12.9. The maximum Gasteiger partial charge on any atom is 0.252 e. The molecule has 31 heavy (non-hydrogen) atoms. The Labute approximate surface area is 187 Å². The monoisotopic (exact) mass is 458 g/mol. The number of thiophene rings is 1. The summed E-state index contributed by atoms with van der Waals surface area (Å²) in [6.45, 7) is 3.60. The molecule has 1 atom stereocenters. The van der Waals surface area contributed by atoms with Crippen LogP contribution < -0.4 is 4.90 Å². The standard InChI is InChI=1S/C22H26N4O3S2/c23-16-18-6-8-20(9-7-18)24-10-3-11-25(14-13-24)22(27)19-4-1-12-26(17-19)31(28,29)21-5-2-15-30-21/h2,5-9,15,19H,1,3-4,10-14,17H2. The molecule has 0 bridgehead atoms. The number of carbonyl (C=O) groups excluding carboxylic acids is 1. The van der Waals surface area contributed by atoms with Crippen molar-refractivity contribution in [1.82, 2.24) is 9.21 Å². The predicted octanol–water partition coefficient (Wildman–Crippen LogP) is 2.76. The topological polar surface area (TPSA) is 84.7 Å². The van der Waals surface area contributed by atoms with Crippen LogP contribution >= 0.6 is 11.3 Å². The summed E-state index contributed by atoms with van der Waals surface area (Å²) in [5.41, 5.74) is 1.69. The van der Waals surface area contributed by atoms with Gasteiger partial charge in [-0.15, -0.1) is 11.3 Å². The van der Waals surface area contributed by atoms with E-state index in [1.165, 1.54) is 15.6 Å². The summed E-state index contributed by atoms with van der Waals surface area (Å²) in [7, 11) is -3.52. The molecule has 4 rings (SSSR count). The maximum atomic E-state index is 13.2. The molecule has 7 nitrogen and oxygen atoms in total. The molecule has 1 aromatic heterocycles. The smallest absolute Gasteiger partial charge is 0.252 e. The minimum atomic E-state index is -3.52. The van der Waals surface area contributed by atoms with Crippen LogP contribution in [-0.4, -0.2) is 62.8 Å². The van der Waals surface area contributed by atoms with E-state index in [1.807, 2.05) is 29.2 Å². The molecule has 0 spiro atoms. The fourth-order valence-electron chi connectivity index (χ4n) is 4.30. The van der Waals surface area contributed by atoms with E-state index in [0.717, 1.165) is 31.6 Å². The molecular weight excluding hydrogens is 432 g/mol. The number of hydrogen-bond donors (Lipinski definition) is 0. The Balaban J connectivity index is 1.39. The number of hydrogen-bond acceptors (Lipinski definition) is 6. The van der Waals surface area contributed by atoms with E-state index >= 15 is 0 Å². The van der Waals surface area contributed by atoms with Crippen LogP contribution in [0.2, 0.25) is 0 Å². The molecule has 9 heteroatoms. The molecule has 0 N–H and O–H groups in total. The minimum absolute atomic E-state index is 0.0627. The summed E-state index contributed by atoms with van der Waals surface area (Å²) < 4.78 is 27.6. The molecule has 2 aliphatic rings. The Kier molecular flexibility index (Phi) is 6.60. The molecule has 3 heterocycles. The highest BCUT2D eigenvalue weighted by Gasteiger charge is 2.35. The lowest BCUT2D eigenvalue weighted by atomic mass is 9.98. The number of sulfonamides is 1. The van der Waals surface area contributed by atoms with Crippen LogP contribution in [0.5, 0.6) is 0 Å². The largest absolute Gasteiger partial charge is 0.370 e. The Bertz CT molecular complexity index is 1050. The number of piperidine rings is 1. The molecule has 0 aliphatic carbocycles. The van der Waals surface area contributed by atoms with Crippen LogP contribution in [0.25, 0.3) is 0 Å². The van der Waals surface area contributed by atoms with Gasteiger partial charge in [-0.1, -0.05) is 6.07 Å². The molecule has 2 aliphatic heterocycles. The molecule has 0 radical (unpaired) electrons. The van der Waals surface area contributed by atoms with Crippen LogP contribution in [-0.2, 0) is 14.8 Å². The fraction of sp³-hybridized carbons (Fsp3) is 0.455. The Morgan fingerprint density at radius 1 is 1.03 bits per heavy atom. The van der Waals surface area contributed by atoms with Gasteiger partial charge in [-0.2, -0.15) is 9.57 Å². The van der Waals surface area contributed by atoms with Crippen molar-refractivity contribution in [2.24, 2.45) is 5.92 Å². The van der Waals surface area contributed by atoms with E-state index in [9.17, 15) is 13.2 Å². The van der Waals surface area contributed by atoms with Crippen molar-refractivity contribution in [2.75, 3.05) is 44.2 Å². The molecule has 2 saturated heterocycles. The van der Waals surface area contributed by atoms with E-state index < -0.39 is 10.0 Å². The highest BCUT2D eigenvalue weighted by Crippen LogP contribution is 2.27. The lowest BCUT2D eigenvalue weighted by Gasteiger charge is -2.33. The number of amides is 1. The Hall–Kier alpha value is -2.41. The van der Waals surface area contributed by atoms with Crippen molar-refractivity contribution < 1.29 is 13.2 Å². The van der Waals surface area contributed by atoms with Gasteiger partial charge < -0.3 is 9.80 Å². The molecule has 0 saturated carbocycles. The normalized spacial score (nSPS) is 20.8. The van der Waals surface area contributed by atoms with Crippen molar-refractivity contribution in [3.05, 3.63) is 47.3 Å². The van der Waals surface area contributed by atoms with E-state index in [1.54, 1.807) is 17.5 Å². The minimum Gasteiger partial charge on any atom is -0.370 e. The molecular formula is C22H26N4O3S2. The van der Waals surface area contributed by atoms with Gasteiger partial charge in [-0.05, 0) is 55.0 Å². The molecule has 164 valence electrons. The molecule has 1 amide bonds. The summed E-state index contributed by atoms with van der Waals surface area (Å²) in [5.74, 6) is -0.224. The second-order valence-corrected chi connectivity index (χ2v) is 11.1. The van der Waals surface area contributed by atoms with Crippen LogP contribution in [0.1, 0.15) is 24.8 Å². The van der Waals surface area contributed by atoms with E-state index in [4.69, 9.17) is 5.26 Å². The number of carbonyl (C=O) groups is 1. The number of rotatable bonds is 4. The first-order chi connectivity index (χ1) is 15.0. The lowest BCUT2D eigenvalue weighted by molar-refractivity contribution is -0.136. The van der Waals surface area contributed by atoms with Crippen molar-refractivity contribution in [1.29, 1.82) is 5.26 Å². The average molecular weight is 459 g/mol. The van der Waals surface area contributed by atoms with Gasteiger partial charge in [-0.3, -0.25) is 4.79 Å². The van der Waals surface area contributed by atoms with Crippen LogP contribution in [0.15, 0.2) is 46.0 Å². The van der Waals surface area contributed by atoms with Gasteiger partial charge in [0.25, 0.3) is 10.0 Å². The third-order valence-corrected chi connectivity index (χ3v) is 9.23. The molecule has 2 aromatic rings. The lowest BCUT2D eigenvalue weighted by Crippen LogP contribution is -2.47. The van der Waals surface area contributed by atoms with E-state index in [2.05, 4.69) is 11.0 Å². The third kappa shape index (κ3) is 4.76. The zero-order valence-electron chi connectivity index (χ0n) is 17.3. The zero-order valence-corrected chi connectivity index (χ0v) is 18.9. The van der Waals surface area contributed by atoms with Gasteiger partial charge in [0.2, 0.25) is 5.91 Å². The number of anilines is 1.